The first-order chi connectivity index (χ1) is 15.2. The van der Waals surface area contributed by atoms with E-state index >= 15 is 0 Å². The molecular formula is C27H19O3P. The highest BCUT2D eigenvalue weighted by atomic mass is 31.2. The van der Waals surface area contributed by atoms with Gasteiger partial charge in [0.25, 0.3) is 0 Å². The van der Waals surface area contributed by atoms with Gasteiger partial charge in [0.15, 0.2) is 12.6 Å². The first-order valence-corrected chi connectivity index (χ1v) is 11.8. The third kappa shape index (κ3) is 3.15. The Morgan fingerprint density at radius 2 is 1.13 bits per heavy atom. The van der Waals surface area contributed by atoms with E-state index in [2.05, 4.69) is 36.4 Å². The molecule has 0 unspecified atom stereocenters. The van der Waals surface area contributed by atoms with Crippen molar-refractivity contribution in [3.63, 3.8) is 0 Å². The fourth-order valence-corrected chi connectivity index (χ4v) is 8.37. The van der Waals surface area contributed by atoms with Crippen molar-refractivity contribution in [1.82, 2.24) is 0 Å². The third-order valence-electron chi connectivity index (χ3n) is 5.52. The Morgan fingerprint density at radius 3 is 1.61 bits per heavy atom. The Bertz CT molecular complexity index is 1300. The van der Waals surface area contributed by atoms with E-state index in [1.807, 2.05) is 54.6 Å². The van der Waals surface area contributed by atoms with Gasteiger partial charge in [-0.15, -0.1) is 5.75 Å². The fourth-order valence-electron chi connectivity index (χ4n) is 4.15. The van der Waals surface area contributed by atoms with Gasteiger partial charge < -0.3 is 9.52 Å². The van der Waals surface area contributed by atoms with Crippen LogP contribution in [-0.4, -0.2) is 0 Å². The molecule has 0 aliphatic rings. The van der Waals surface area contributed by atoms with Crippen LogP contribution in [0.4, 0.5) is 0 Å². The summed E-state index contributed by atoms with van der Waals surface area (Å²) >= 11 is 0. The number of hydrogen-bond donors (Lipinski definition) is 0. The van der Waals surface area contributed by atoms with Gasteiger partial charge in [-0.1, -0.05) is 60.7 Å². The molecule has 3 nitrogen and oxygen atoms in total. The number of benzene rings is 4. The fraction of sp³-hybridized carbons (Fsp3) is 0. The minimum atomic E-state index is -2.54. The van der Waals surface area contributed by atoms with E-state index in [4.69, 9.17) is 4.42 Å². The van der Waals surface area contributed by atoms with Crippen LogP contribution in [0.1, 0.15) is 0 Å². The summed E-state index contributed by atoms with van der Waals surface area (Å²) in [6, 6.07) is 34.8. The highest BCUT2D eigenvalue weighted by Gasteiger charge is 2.50. The molecule has 0 saturated carbocycles. The van der Waals surface area contributed by atoms with Crippen molar-refractivity contribution >= 4 is 39.4 Å². The van der Waals surface area contributed by atoms with Gasteiger partial charge in [0.2, 0.25) is 5.43 Å². The lowest BCUT2D eigenvalue weighted by Gasteiger charge is -2.26. The van der Waals surface area contributed by atoms with Gasteiger partial charge >= 0.3 is 0 Å². The predicted molar refractivity (Wildman–Crippen MR) is 127 cm³/mol. The maximum atomic E-state index is 13.9. The van der Waals surface area contributed by atoms with Crippen molar-refractivity contribution in [3.8, 4) is 5.75 Å². The molecule has 0 aliphatic heterocycles. The summed E-state index contributed by atoms with van der Waals surface area (Å²) in [6.45, 7) is 0. The molecule has 4 aromatic carbocycles. The molecule has 4 heteroatoms. The summed E-state index contributed by atoms with van der Waals surface area (Å²) < 4.78 is 5.90. The molecule has 5 aromatic rings. The molecule has 0 amide bonds. The molecule has 0 aliphatic carbocycles. The van der Waals surface area contributed by atoms with Crippen LogP contribution in [-0.2, 0) is 0 Å². The topological polar surface area (TPSA) is 53.3 Å². The van der Waals surface area contributed by atoms with Gasteiger partial charge in [0.1, 0.15) is 27.8 Å². The maximum Gasteiger partial charge on any atom is 0.235 e. The number of hydrogen-bond acceptors (Lipinski definition) is 3. The van der Waals surface area contributed by atoms with Crippen molar-refractivity contribution in [2.24, 2.45) is 0 Å². The van der Waals surface area contributed by atoms with E-state index in [0.717, 1.165) is 15.9 Å². The van der Waals surface area contributed by atoms with E-state index < -0.39 is 7.26 Å². The molecule has 0 radical (unpaired) electrons. The Kier molecular flexibility index (Phi) is 4.89. The van der Waals surface area contributed by atoms with Crippen molar-refractivity contribution in [3.05, 3.63) is 126 Å². The molecule has 0 bridgehead atoms. The molecule has 0 spiro atoms. The van der Waals surface area contributed by atoms with Crippen LogP contribution in [0.25, 0.3) is 11.0 Å². The highest BCUT2D eigenvalue weighted by Crippen LogP contribution is 2.53. The van der Waals surface area contributed by atoms with Crippen LogP contribution >= 0.6 is 7.26 Å². The van der Waals surface area contributed by atoms with Gasteiger partial charge in [-0.3, -0.25) is 4.79 Å². The summed E-state index contributed by atoms with van der Waals surface area (Å²) in [4.78, 5) is 13.9. The maximum absolute atomic E-state index is 13.9. The largest absolute Gasteiger partial charge is 0.872 e. The van der Waals surface area contributed by atoms with E-state index in [-0.39, 0.29) is 11.2 Å². The third-order valence-corrected chi connectivity index (χ3v) is 9.77. The molecular weight excluding hydrogens is 403 g/mol. The van der Waals surface area contributed by atoms with Crippen LogP contribution in [0.5, 0.6) is 5.75 Å². The quantitative estimate of drug-likeness (QED) is 0.417. The van der Waals surface area contributed by atoms with Crippen molar-refractivity contribution < 1.29 is 9.52 Å². The molecule has 1 aromatic heterocycles. The van der Waals surface area contributed by atoms with Crippen molar-refractivity contribution in [2.45, 2.75) is 0 Å². The Balaban J connectivity index is 1.96. The molecule has 0 saturated heterocycles. The van der Waals surface area contributed by atoms with E-state index in [1.165, 1.54) is 12.1 Å². The van der Waals surface area contributed by atoms with Gasteiger partial charge in [-0.25, -0.2) is 0 Å². The highest BCUT2D eigenvalue weighted by molar-refractivity contribution is 8.01. The molecule has 150 valence electrons. The minimum Gasteiger partial charge on any atom is -0.872 e. The molecule has 1 heterocycles. The first-order valence-electron chi connectivity index (χ1n) is 10.0. The number of rotatable bonds is 4. The Labute approximate surface area is 180 Å². The Hall–Kier alpha value is -3.68. The van der Waals surface area contributed by atoms with E-state index in [9.17, 15) is 9.90 Å². The lowest BCUT2D eigenvalue weighted by molar-refractivity contribution is -0.268. The van der Waals surface area contributed by atoms with E-state index in [1.54, 1.807) is 12.3 Å². The van der Waals surface area contributed by atoms with Gasteiger partial charge in [-0.05, 0) is 48.5 Å². The second-order valence-corrected chi connectivity index (χ2v) is 10.7. The zero-order valence-corrected chi connectivity index (χ0v) is 17.5. The minimum absolute atomic E-state index is 0.105. The van der Waals surface area contributed by atoms with Crippen LogP contribution in [0.3, 0.4) is 0 Å². The second-order valence-electron chi connectivity index (χ2n) is 7.29. The molecule has 0 atom stereocenters. The summed E-state index contributed by atoms with van der Waals surface area (Å²) in [6.07, 6.45) is 1.56. The lowest BCUT2D eigenvalue weighted by atomic mass is 10.2. The predicted octanol–water partition coefficient (Wildman–Crippen LogP) is 3.49. The lowest BCUT2D eigenvalue weighted by Crippen LogP contribution is -2.44. The first kappa shape index (κ1) is 19.3. The normalized spacial score (nSPS) is 11.5. The second kappa shape index (κ2) is 7.86. The summed E-state index contributed by atoms with van der Waals surface area (Å²) in [5.74, 6) is -0.182. The standard InChI is InChI=1S/C27H19O3P/c28-20-16-17-24-25(18-20)30-19-26(27(24)29)31(21-10-4-1-5-11-21,22-12-6-2-7-13-22)23-14-8-3-9-15-23/h1-19H. The summed E-state index contributed by atoms with van der Waals surface area (Å²) in [7, 11) is -2.54. The Morgan fingerprint density at radius 1 is 0.645 bits per heavy atom. The van der Waals surface area contributed by atoms with Gasteiger partial charge in [-0.2, -0.15) is 0 Å². The molecule has 0 N–H and O–H groups in total. The van der Waals surface area contributed by atoms with Crippen LogP contribution in [0, 0.1) is 0 Å². The average Bonchev–Trinajstić information content (AvgIpc) is 2.83. The monoisotopic (exact) mass is 422 g/mol. The average molecular weight is 422 g/mol. The zero-order valence-electron chi connectivity index (χ0n) is 16.6. The van der Waals surface area contributed by atoms with E-state index in [0.29, 0.717) is 16.3 Å². The van der Waals surface area contributed by atoms with Crippen LogP contribution in [0.15, 0.2) is 125 Å². The molecule has 5 rings (SSSR count). The van der Waals surface area contributed by atoms with Crippen LogP contribution < -0.4 is 31.8 Å². The SMILES string of the molecule is O=c1c([P+](c2ccccc2)(c2ccccc2)c2ccccc2)coc2cc([O-])ccc12. The summed E-state index contributed by atoms with van der Waals surface area (Å²) in [5.41, 5.74) is 0.208. The summed E-state index contributed by atoms with van der Waals surface area (Å²) in [5, 5.41) is 16.0. The number of fused-ring (bicyclic) bond motifs is 1. The van der Waals surface area contributed by atoms with Gasteiger partial charge in [0.05, 0.1) is 5.39 Å². The zero-order chi connectivity index (χ0) is 21.3. The van der Waals surface area contributed by atoms with Crippen molar-refractivity contribution in [2.75, 3.05) is 0 Å². The molecule has 31 heavy (non-hydrogen) atoms. The van der Waals surface area contributed by atoms with Crippen molar-refractivity contribution in [1.29, 1.82) is 0 Å². The molecule has 0 fully saturated rings. The van der Waals surface area contributed by atoms with Crippen LogP contribution in [0.2, 0.25) is 0 Å². The van der Waals surface area contributed by atoms with Gasteiger partial charge in [0, 0.05) is 0 Å². The smallest absolute Gasteiger partial charge is 0.235 e.